The minimum Gasteiger partial charge on any atom is -0.507 e. The summed E-state index contributed by atoms with van der Waals surface area (Å²) in [5.74, 6) is 1.32. The Morgan fingerprint density at radius 3 is 2.43 bits per heavy atom. The van der Waals surface area contributed by atoms with E-state index in [9.17, 15) is 9.90 Å². The fourth-order valence-corrected chi connectivity index (χ4v) is 2.67. The molecule has 0 aromatic heterocycles. The van der Waals surface area contributed by atoms with Crippen molar-refractivity contribution >= 4 is 12.0 Å². The topological polar surface area (TPSA) is 46.5 Å². The number of esters is 1. The summed E-state index contributed by atoms with van der Waals surface area (Å²) in [5, 5.41) is 10.5. The molecule has 1 aliphatic carbocycles. The molecule has 0 spiro atoms. The van der Waals surface area contributed by atoms with Crippen molar-refractivity contribution in [1.29, 1.82) is 0 Å². The first-order valence-corrected chi connectivity index (χ1v) is 7.56. The van der Waals surface area contributed by atoms with Gasteiger partial charge in [-0.1, -0.05) is 20.8 Å². The molecule has 1 aromatic rings. The second kappa shape index (κ2) is 6.33. The molecule has 1 aliphatic rings. The van der Waals surface area contributed by atoms with Crippen molar-refractivity contribution in [2.75, 3.05) is 7.11 Å². The summed E-state index contributed by atoms with van der Waals surface area (Å²) in [5.41, 5.74) is 2.86. The second-order valence-electron chi connectivity index (χ2n) is 6.19. The lowest BCUT2D eigenvalue weighted by Crippen LogP contribution is -2.01. The highest BCUT2D eigenvalue weighted by Crippen LogP contribution is 2.46. The highest BCUT2D eigenvalue weighted by molar-refractivity contribution is 5.87. The molecule has 0 unspecified atom stereocenters. The molecule has 3 nitrogen and oxygen atoms in total. The van der Waals surface area contributed by atoms with E-state index >= 15 is 0 Å². The fourth-order valence-electron chi connectivity index (χ4n) is 2.67. The van der Waals surface area contributed by atoms with Gasteiger partial charge in [-0.25, -0.2) is 4.79 Å². The van der Waals surface area contributed by atoms with Crippen LogP contribution >= 0.6 is 0 Å². The molecular formula is C18H24O3. The van der Waals surface area contributed by atoms with Gasteiger partial charge in [-0.15, -0.1) is 0 Å². The van der Waals surface area contributed by atoms with Gasteiger partial charge in [-0.2, -0.15) is 0 Å². The lowest BCUT2D eigenvalue weighted by atomic mass is 9.88. The third kappa shape index (κ3) is 3.66. The quantitative estimate of drug-likeness (QED) is 0.652. The van der Waals surface area contributed by atoms with Gasteiger partial charge in [0.2, 0.25) is 0 Å². The first-order valence-electron chi connectivity index (χ1n) is 7.56. The SMILES string of the molecule is COC(=O)/C=C/c1cc(C(C)C)c(O)c([C@H](C)C2CC2)c1. The van der Waals surface area contributed by atoms with Crippen molar-refractivity contribution in [3.05, 3.63) is 34.9 Å². The predicted molar refractivity (Wildman–Crippen MR) is 84.4 cm³/mol. The van der Waals surface area contributed by atoms with E-state index in [-0.39, 0.29) is 11.9 Å². The van der Waals surface area contributed by atoms with Gasteiger partial charge in [-0.3, -0.25) is 0 Å². The van der Waals surface area contributed by atoms with E-state index in [0.29, 0.717) is 17.6 Å². The standard InChI is InChI=1S/C18H24O3/c1-11(2)15-9-13(5-8-17(19)21-4)10-16(18(15)20)12(3)14-6-7-14/h5,8-12,14,20H,6-7H2,1-4H3/b8-5+/t12-/m1/s1. The van der Waals surface area contributed by atoms with Crippen LogP contribution in [-0.2, 0) is 9.53 Å². The van der Waals surface area contributed by atoms with E-state index in [4.69, 9.17) is 0 Å². The largest absolute Gasteiger partial charge is 0.507 e. The highest BCUT2D eigenvalue weighted by atomic mass is 16.5. The van der Waals surface area contributed by atoms with Crippen LogP contribution in [0.25, 0.3) is 6.08 Å². The van der Waals surface area contributed by atoms with Gasteiger partial charge in [0.25, 0.3) is 0 Å². The number of ether oxygens (including phenoxy) is 1. The first kappa shape index (κ1) is 15.6. The van der Waals surface area contributed by atoms with Gasteiger partial charge in [0.1, 0.15) is 5.75 Å². The van der Waals surface area contributed by atoms with Gasteiger partial charge in [0.05, 0.1) is 7.11 Å². The number of methoxy groups -OCH3 is 1. The fraction of sp³-hybridized carbons (Fsp3) is 0.500. The molecule has 1 aromatic carbocycles. The van der Waals surface area contributed by atoms with Crippen molar-refractivity contribution in [1.82, 2.24) is 0 Å². The summed E-state index contributed by atoms with van der Waals surface area (Å²) in [6.07, 6.45) is 5.64. The van der Waals surface area contributed by atoms with Crippen molar-refractivity contribution < 1.29 is 14.6 Å². The molecule has 0 bridgehead atoms. The van der Waals surface area contributed by atoms with E-state index in [1.807, 2.05) is 12.1 Å². The molecule has 2 rings (SSSR count). The number of benzene rings is 1. The van der Waals surface area contributed by atoms with Crippen LogP contribution in [0, 0.1) is 5.92 Å². The zero-order valence-electron chi connectivity index (χ0n) is 13.2. The smallest absolute Gasteiger partial charge is 0.330 e. The molecule has 114 valence electrons. The molecule has 1 N–H and O–H groups in total. The monoisotopic (exact) mass is 288 g/mol. The number of rotatable bonds is 5. The Kier molecular flexibility index (Phi) is 4.71. The van der Waals surface area contributed by atoms with Crippen LogP contribution in [0.4, 0.5) is 0 Å². The van der Waals surface area contributed by atoms with Crippen molar-refractivity contribution in [2.24, 2.45) is 5.92 Å². The maximum atomic E-state index is 11.2. The number of carbonyl (C=O) groups is 1. The van der Waals surface area contributed by atoms with Crippen LogP contribution in [0.3, 0.4) is 0 Å². The van der Waals surface area contributed by atoms with Gasteiger partial charge in [-0.05, 0) is 65.5 Å². The highest BCUT2D eigenvalue weighted by Gasteiger charge is 2.31. The number of aromatic hydroxyl groups is 1. The van der Waals surface area contributed by atoms with Crippen LogP contribution < -0.4 is 0 Å². The summed E-state index contributed by atoms with van der Waals surface area (Å²) < 4.78 is 4.62. The molecular weight excluding hydrogens is 264 g/mol. The summed E-state index contributed by atoms with van der Waals surface area (Å²) in [7, 11) is 1.36. The molecule has 0 radical (unpaired) electrons. The minimum absolute atomic E-state index is 0.238. The molecule has 1 saturated carbocycles. The average Bonchev–Trinajstić information content (AvgIpc) is 3.29. The molecule has 1 atom stereocenters. The van der Waals surface area contributed by atoms with E-state index < -0.39 is 0 Å². The number of hydrogen-bond acceptors (Lipinski definition) is 3. The summed E-state index contributed by atoms with van der Waals surface area (Å²) in [4.78, 5) is 11.2. The molecule has 3 heteroatoms. The zero-order chi connectivity index (χ0) is 15.6. The van der Waals surface area contributed by atoms with E-state index in [0.717, 1.165) is 16.7 Å². The maximum Gasteiger partial charge on any atom is 0.330 e. The Labute approximate surface area is 126 Å². The Bertz CT molecular complexity index is 554. The van der Waals surface area contributed by atoms with Crippen molar-refractivity contribution in [3.63, 3.8) is 0 Å². The molecule has 0 saturated heterocycles. The Balaban J connectivity index is 2.41. The number of carbonyl (C=O) groups excluding carboxylic acids is 1. The van der Waals surface area contributed by atoms with E-state index in [1.165, 1.54) is 26.0 Å². The van der Waals surface area contributed by atoms with Gasteiger partial charge < -0.3 is 9.84 Å². The summed E-state index contributed by atoms with van der Waals surface area (Å²) in [6.45, 7) is 6.30. The van der Waals surface area contributed by atoms with Gasteiger partial charge in [0, 0.05) is 6.08 Å². The minimum atomic E-state index is -0.369. The van der Waals surface area contributed by atoms with Crippen LogP contribution in [-0.4, -0.2) is 18.2 Å². The van der Waals surface area contributed by atoms with Crippen LogP contribution in [0.1, 0.15) is 62.1 Å². The predicted octanol–water partition coefficient (Wildman–Crippen LogP) is 4.22. The van der Waals surface area contributed by atoms with E-state index in [1.54, 1.807) is 6.08 Å². The summed E-state index contributed by atoms with van der Waals surface area (Å²) >= 11 is 0. The normalized spacial score (nSPS) is 16.4. The average molecular weight is 288 g/mol. The van der Waals surface area contributed by atoms with E-state index in [2.05, 4.69) is 25.5 Å². The number of hydrogen-bond donors (Lipinski definition) is 1. The molecule has 21 heavy (non-hydrogen) atoms. The Hall–Kier alpha value is -1.77. The van der Waals surface area contributed by atoms with Crippen molar-refractivity contribution in [3.8, 4) is 5.75 Å². The third-order valence-corrected chi connectivity index (χ3v) is 4.25. The Morgan fingerprint density at radius 2 is 1.90 bits per heavy atom. The lowest BCUT2D eigenvalue weighted by molar-refractivity contribution is -0.134. The first-order chi connectivity index (χ1) is 9.93. The van der Waals surface area contributed by atoms with Crippen LogP contribution in [0.5, 0.6) is 5.75 Å². The van der Waals surface area contributed by atoms with Crippen molar-refractivity contribution in [2.45, 2.75) is 45.4 Å². The zero-order valence-corrected chi connectivity index (χ0v) is 13.2. The molecule has 0 amide bonds. The Morgan fingerprint density at radius 1 is 1.29 bits per heavy atom. The van der Waals surface area contributed by atoms with Gasteiger partial charge in [0.15, 0.2) is 0 Å². The maximum absolute atomic E-state index is 11.2. The molecule has 0 aliphatic heterocycles. The number of phenols is 1. The molecule has 1 fully saturated rings. The second-order valence-corrected chi connectivity index (χ2v) is 6.19. The third-order valence-electron chi connectivity index (χ3n) is 4.25. The van der Waals surface area contributed by atoms with Gasteiger partial charge >= 0.3 is 5.97 Å². The van der Waals surface area contributed by atoms with Crippen LogP contribution in [0.15, 0.2) is 18.2 Å². The lowest BCUT2D eigenvalue weighted by Gasteiger charge is -2.18. The molecule has 0 heterocycles. The number of phenolic OH excluding ortho intramolecular Hbond substituents is 1. The summed E-state index contributed by atoms with van der Waals surface area (Å²) in [6, 6.07) is 3.94. The van der Waals surface area contributed by atoms with Crippen LogP contribution in [0.2, 0.25) is 0 Å².